The van der Waals surface area contributed by atoms with Gasteiger partial charge in [-0.05, 0) is 32.4 Å². The summed E-state index contributed by atoms with van der Waals surface area (Å²) in [5, 5.41) is 3.96. The van der Waals surface area contributed by atoms with Gasteiger partial charge in [-0.2, -0.15) is 4.98 Å². The SMILES string of the molecule is CC(C)(N)c1noc(CN2CCCOc3ccccc32)n1. The normalized spacial score (nSPS) is 15.3. The summed E-state index contributed by atoms with van der Waals surface area (Å²) in [6, 6.07) is 8.01. The fourth-order valence-corrected chi connectivity index (χ4v) is 2.31. The highest BCUT2D eigenvalue weighted by molar-refractivity contribution is 5.58. The minimum atomic E-state index is -0.596. The van der Waals surface area contributed by atoms with Crippen molar-refractivity contribution in [2.45, 2.75) is 32.4 Å². The molecule has 6 heteroatoms. The molecule has 21 heavy (non-hydrogen) atoms. The summed E-state index contributed by atoms with van der Waals surface area (Å²) in [7, 11) is 0. The number of nitrogens with zero attached hydrogens (tertiary/aromatic N) is 3. The van der Waals surface area contributed by atoms with Gasteiger partial charge in [-0.1, -0.05) is 17.3 Å². The van der Waals surface area contributed by atoms with Crippen LogP contribution in [0.15, 0.2) is 28.8 Å². The lowest BCUT2D eigenvalue weighted by Gasteiger charge is -2.21. The number of ether oxygens (including phenoxy) is 1. The first-order chi connectivity index (χ1) is 10.0. The molecular weight excluding hydrogens is 268 g/mol. The second kappa shape index (κ2) is 5.37. The van der Waals surface area contributed by atoms with Gasteiger partial charge in [0.05, 0.1) is 24.4 Å². The molecule has 2 heterocycles. The largest absolute Gasteiger partial charge is 0.491 e. The highest BCUT2D eigenvalue weighted by Crippen LogP contribution is 2.31. The Balaban J connectivity index is 1.83. The molecule has 0 saturated heterocycles. The van der Waals surface area contributed by atoms with Crippen molar-refractivity contribution in [1.29, 1.82) is 0 Å². The van der Waals surface area contributed by atoms with E-state index in [9.17, 15) is 0 Å². The number of anilines is 1. The summed E-state index contributed by atoms with van der Waals surface area (Å²) in [5.74, 6) is 1.99. The van der Waals surface area contributed by atoms with Crippen LogP contribution in [0.1, 0.15) is 32.0 Å². The predicted octanol–water partition coefficient (Wildman–Crippen LogP) is 2.05. The van der Waals surface area contributed by atoms with Crippen molar-refractivity contribution < 1.29 is 9.26 Å². The molecule has 0 bridgehead atoms. The third kappa shape index (κ3) is 3.00. The molecule has 112 valence electrons. The maximum Gasteiger partial charge on any atom is 0.246 e. The molecule has 0 spiro atoms. The van der Waals surface area contributed by atoms with Crippen LogP contribution in [0.2, 0.25) is 0 Å². The molecule has 3 rings (SSSR count). The molecule has 0 saturated carbocycles. The molecule has 0 unspecified atom stereocenters. The summed E-state index contributed by atoms with van der Waals surface area (Å²) in [4.78, 5) is 6.59. The van der Waals surface area contributed by atoms with Crippen LogP contribution in [0.5, 0.6) is 5.75 Å². The highest BCUT2D eigenvalue weighted by Gasteiger charge is 2.23. The molecule has 1 aromatic heterocycles. The zero-order valence-corrected chi connectivity index (χ0v) is 12.4. The Hall–Kier alpha value is -2.08. The number of para-hydroxylation sites is 2. The molecule has 0 aliphatic carbocycles. The van der Waals surface area contributed by atoms with Crippen LogP contribution >= 0.6 is 0 Å². The number of hydrogen-bond donors (Lipinski definition) is 1. The fraction of sp³-hybridized carbons (Fsp3) is 0.467. The van der Waals surface area contributed by atoms with Crippen molar-refractivity contribution in [3.63, 3.8) is 0 Å². The second-order valence-electron chi connectivity index (χ2n) is 5.82. The number of benzene rings is 1. The predicted molar refractivity (Wildman–Crippen MR) is 79.1 cm³/mol. The lowest BCUT2D eigenvalue weighted by Crippen LogP contribution is -2.30. The Kier molecular flexibility index (Phi) is 3.55. The average molecular weight is 288 g/mol. The van der Waals surface area contributed by atoms with Crippen LogP contribution in [0.25, 0.3) is 0 Å². The number of rotatable bonds is 3. The topological polar surface area (TPSA) is 77.4 Å². The quantitative estimate of drug-likeness (QED) is 0.931. The van der Waals surface area contributed by atoms with E-state index in [1.807, 2.05) is 38.1 Å². The first-order valence-electron chi connectivity index (χ1n) is 7.13. The van der Waals surface area contributed by atoms with Gasteiger partial charge in [-0.25, -0.2) is 0 Å². The summed E-state index contributed by atoms with van der Waals surface area (Å²) in [6.07, 6.45) is 0.956. The fourth-order valence-electron chi connectivity index (χ4n) is 2.31. The molecule has 0 fully saturated rings. The van der Waals surface area contributed by atoms with Gasteiger partial charge in [0.25, 0.3) is 0 Å². The van der Waals surface area contributed by atoms with Gasteiger partial charge in [0.2, 0.25) is 5.89 Å². The lowest BCUT2D eigenvalue weighted by molar-refractivity contribution is 0.322. The first-order valence-corrected chi connectivity index (χ1v) is 7.13. The van der Waals surface area contributed by atoms with Gasteiger partial charge in [-0.15, -0.1) is 0 Å². The molecule has 0 amide bonds. The molecule has 2 N–H and O–H groups in total. The summed E-state index contributed by atoms with van der Waals surface area (Å²) in [6.45, 7) is 5.88. The van der Waals surface area contributed by atoms with Gasteiger partial charge in [-0.3, -0.25) is 0 Å². The summed E-state index contributed by atoms with van der Waals surface area (Å²) in [5.41, 5.74) is 6.45. The Morgan fingerprint density at radius 1 is 1.33 bits per heavy atom. The van der Waals surface area contributed by atoms with Crippen molar-refractivity contribution in [3.05, 3.63) is 36.0 Å². The van der Waals surface area contributed by atoms with Crippen LogP contribution in [0.4, 0.5) is 5.69 Å². The molecule has 1 aliphatic rings. The minimum Gasteiger partial charge on any atom is -0.491 e. The van der Waals surface area contributed by atoms with E-state index in [1.165, 1.54) is 0 Å². The van der Waals surface area contributed by atoms with Gasteiger partial charge in [0, 0.05) is 6.54 Å². The molecule has 6 nitrogen and oxygen atoms in total. The number of fused-ring (bicyclic) bond motifs is 1. The minimum absolute atomic E-state index is 0.525. The molecular formula is C15H20N4O2. The summed E-state index contributed by atoms with van der Waals surface area (Å²) >= 11 is 0. The monoisotopic (exact) mass is 288 g/mol. The van der Waals surface area contributed by atoms with E-state index in [4.69, 9.17) is 15.0 Å². The molecule has 2 aromatic rings. The van der Waals surface area contributed by atoms with Gasteiger partial charge in [0.15, 0.2) is 5.82 Å². The lowest BCUT2D eigenvalue weighted by atomic mass is 10.1. The van der Waals surface area contributed by atoms with Crippen LogP contribution in [-0.2, 0) is 12.1 Å². The van der Waals surface area contributed by atoms with Crippen LogP contribution in [-0.4, -0.2) is 23.3 Å². The zero-order valence-electron chi connectivity index (χ0n) is 12.4. The first kappa shape index (κ1) is 13.9. The summed E-state index contributed by atoms with van der Waals surface area (Å²) < 4.78 is 11.1. The van der Waals surface area contributed by atoms with Gasteiger partial charge < -0.3 is 19.9 Å². The average Bonchev–Trinajstić information content (AvgIpc) is 2.82. The van der Waals surface area contributed by atoms with Crippen LogP contribution in [0, 0.1) is 0 Å². The van der Waals surface area contributed by atoms with E-state index < -0.39 is 5.54 Å². The molecule has 1 aliphatic heterocycles. The van der Waals surface area contributed by atoms with Crippen molar-refractivity contribution in [1.82, 2.24) is 10.1 Å². The highest BCUT2D eigenvalue weighted by atomic mass is 16.5. The number of nitrogens with two attached hydrogens (primary N) is 1. The van der Waals surface area contributed by atoms with E-state index in [-0.39, 0.29) is 0 Å². The standard InChI is InChI=1S/C15H20N4O2/c1-15(2,16)14-17-13(21-18-14)10-19-8-5-9-20-12-7-4-3-6-11(12)19/h3-4,6-7H,5,8-10,16H2,1-2H3. The van der Waals surface area contributed by atoms with Gasteiger partial charge >= 0.3 is 0 Å². The van der Waals surface area contributed by atoms with Crippen molar-refractivity contribution in [2.75, 3.05) is 18.1 Å². The van der Waals surface area contributed by atoms with Crippen molar-refractivity contribution in [3.8, 4) is 5.75 Å². The smallest absolute Gasteiger partial charge is 0.246 e. The maximum absolute atomic E-state index is 5.99. The maximum atomic E-state index is 5.99. The van der Waals surface area contributed by atoms with Crippen molar-refractivity contribution in [2.24, 2.45) is 5.73 Å². The Morgan fingerprint density at radius 2 is 2.14 bits per heavy atom. The van der Waals surface area contributed by atoms with Crippen molar-refractivity contribution >= 4 is 5.69 Å². The van der Waals surface area contributed by atoms with E-state index >= 15 is 0 Å². The third-order valence-electron chi connectivity index (χ3n) is 3.41. The third-order valence-corrected chi connectivity index (χ3v) is 3.41. The zero-order chi connectivity index (χ0) is 14.9. The molecule has 0 atom stereocenters. The van der Waals surface area contributed by atoms with E-state index in [1.54, 1.807) is 0 Å². The Morgan fingerprint density at radius 3 is 2.90 bits per heavy atom. The van der Waals surface area contributed by atoms with Crippen LogP contribution < -0.4 is 15.4 Å². The van der Waals surface area contributed by atoms with Crippen LogP contribution in [0.3, 0.4) is 0 Å². The van der Waals surface area contributed by atoms with Gasteiger partial charge in [0.1, 0.15) is 5.75 Å². The number of hydrogen-bond acceptors (Lipinski definition) is 6. The van der Waals surface area contributed by atoms with E-state index in [0.717, 1.165) is 31.0 Å². The Bertz CT molecular complexity index is 618. The van der Waals surface area contributed by atoms with E-state index in [2.05, 4.69) is 15.0 Å². The molecule has 0 radical (unpaired) electrons. The second-order valence-corrected chi connectivity index (χ2v) is 5.82. The van der Waals surface area contributed by atoms with E-state index in [0.29, 0.717) is 18.3 Å². The number of aromatic nitrogens is 2. The Labute approximate surface area is 123 Å². The molecule has 1 aromatic carbocycles.